The van der Waals surface area contributed by atoms with Crippen molar-refractivity contribution in [2.45, 2.75) is 31.0 Å². The number of aldehydes is 1. The molecule has 0 bridgehead atoms. The van der Waals surface area contributed by atoms with Gasteiger partial charge in [-0.3, -0.25) is 4.79 Å². The van der Waals surface area contributed by atoms with Gasteiger partial charge in [-0.05, 0) is 38.1 Å². The van der Waals surface area contributed by atoms with E-state index in [9.17, 15) is 18.8 Å². The molecule has 0 aliphatic rings. The normalized spacial score (nSPS) is 13.9. The van der Waals surface area contributed by atoms with Crippen molar-refractivity contribution in [3.05, 3.63) is 70.8 Å². The van der Waals surface area contributed by atoms with E-state index in [0.29, 0.717) is 5.56 Å². The Bertz CT molecular complexity index is 820. The van der Waals surface area contributed by atoms with Crippen LogP contribution in [0.15, 0.2) is 48.5 Å². The van der Waals surface area contributed by atoms with Gasteiger partial charge in [-0.1, -0.05) is 51.3 Å². The predicted molar refractivity (Wildman–Crippen MR) is 106 cm³/mol. The molecule has 0 aliphatic carbocycles. The van der Waals surface area contributed by atoms with Gasteiger partial charge in [0.25, 0.3) is 0 Å². The van der Waals surface area contributed by atoms with E-state index in [1.807, 2.05) is 13.8 Å². The molecule has 0 amide bonds. The SMILES string of the molecule is Cc1ccc(C(=O)OC[C@H](Br)[C@@H](OC(=O)c2ccc(C)cc2)[C@H](F)C=O)cc1. The van der Waals surface area contributed by atoms with Gasteiger partial charge >= 0.3 is 11.9 Å². The number of aryl methyl sites for hydroxylation is 2. The molecule has 0 radical (unpaired) electrons. The molecule has 0 heterocycles. The lowest BCUT2D eigenvalue weighted by molar-refractivity contribution is -0.115. The van der Waals surface area contributed by atoms with Gasteiger partial charge in [0.05, 0.1) is 16.0 Å². The monoisotopic (exact) mass is 450 g/mol. The fourth-order valence-corrected chi connectivity index (χ4v) is 2.85. The van der Waals surface area contributed by atoms with Gasteiger partial charge in [0.15, 0.2) is 18.6 Å². The van der Waals surface area contributed by atoms with Crippen LogP contribution in [0.4, 0.5) is 4.39 Å². The summed E-state index contributed by atoms with van der Waals surface area (Å²) in [6, 6.07) is 13.3. The van der Waals surface area contributed by atoms with Crippen molar-refractivity contribution in [1.29, 1.82) is 0 Å². The third kappa shape index (κ3) is 5.99. The van der Waals surface area contributed by atoms with E-state index < -0.39 is 29.0 Å². The molecular weight excluding hydrogens is 431 g/mol. The summed E-state index contributed by atoms with van der Waals surface area (Å²) in [7, 11) is 0. The summed E-state index contributed by atoms with van der Waals surface area (Å²) in [6.07, 6.45) is -3.47. The molecule has 5 nitrogen and oxygen atoms in total. The van der Waals surface area contributed by atoms with Crippen LogP contribution in [-0.2, 0) is 14.3 Å². The zero-order chi connectivity index (χ0) is 20.7. The molecule has 148 valence electrons. The highest BCUT2D eigenvalue weighted by Crippen LogP contribution is 2.19. The molecule has 0 saturated carbocycles. The Morgan fingerprint density at radius 1 is 0.964 bits per heavy atom. The lowest BCUT2D eigenvalue weighted by atomic mass is 10.1. The van der Waals surface area contributed by atoms with E-state index in [1.54, 1.807) is 48.5 Å². The first kappa shape index (κ1) is 21.8. The minimum absolute atomic E-state index is 0.0448. The summed E-state index contributed by atoms with van der Waals surface area (Å²) in [5.74, 6) is -1.38. The zero-order valence-electron chi connectivity index (χ0n) is 15.4. The highest BCUT2D eigenvalue weighted by Gasteiger charge is 2.33. The largest absolute Gasteiger partial charge is 0.461 e. The van der Waals surface area contributed by atoms with Crippen LogP contribution in [0.25, 0.3) is 0 Å². The molecule has 0 saturated heterocycles. The molecule has 3 atom stereocenters. The van der Waals surface area contributed by atoms with Crippen LogP contribution in [-0.4, -0.2) is 41.9 Å². The zero-order valence-corrected chi connectivity index (χ0v) is 17.0. The number of halogens is 2. The maximum Gasteiger partial charge on any atom is 0.338 e. The van der Waals surface area contributed by atoms with Crippen LogP contribution in [0.1, 0.15) is 31.8 Å². The molecule has 0 spiro atoms. The standard InChI is InChI=1S/C21H20BrFO5/c1-13-3-7-15(8-4-13)20(25)27-12-17(22)19(18(23)11-24)28-21(26)16-9-5-14(2)6-10-16/h3-11,17-19H,12H2,1-2H3/t17-,18+,19+/m0/s1. The first-order chi connectivity index (χ1) is 13.3. The number of carbonyl (C=O) groups is 3. The second-order valence-electron chi connectivity index (χ2n) is 6.30. The summed E-state index contributed by atoms with van der Waals surface area (Å²) in [4.78, 5) is 34.3. The van der Waals surface area contributed by atoms with Crippen LogP contribution in [0.5, 0.6) is 0 Å². The quantitative estimate of drug-likeness (QED) is 0.345. The number of ether oxygens (including phenoxy) is 2. The smallest absolute Gasteiger partial charge is 0.338 e. The van der Waals surface area contributed by atoms with Crippen LogP contribution in [0, 0.1) is 13.8 Å². The van der Waals surface area contributed by atoms with Gasteiger partial charge < -0.3 is 9.47 Å². The van der Waals surface area contributed by atoms with E-state index in [4.69, 9.17) is 9.47 Å². The van der Waals surface area contributed by atoms with Crippen molar-refractivity contribution < 1.29 is 28.2 Å². The van der Waals surface area contributed by atoms with E-state index in [2.05, 4.69) is 15.9 Å². The molecule has 2 aromatic rings. The highest BCUT2D eigenvalue weighted by atomic mass is 79.9. The molecule has 0 aliphatic heterocycles. The summed E-state index contributed by atoms with van der Waals surface area (Å²) >= 11 is 3.16. The molecule has 0 fully saturated rings. The number of benzene rings is 2. The lowest BCUT2D eigenvalue weighted by Gasteiger charge is -2.23. The minimum Gasteiger partial charge on any atom is -0.461 e. The maximum atomic E-state index is 14.1. The van der Waals surface area contributed by atoms with E-state index >= 15 is 0 Å². The van der Waals surface area contributed by atoms with Crippen molar-refractivity contribution in [2.75, 3.05) is 6.61 Å². The molecule has 7 heteroatoms. The fourth-order valence-electron chi connectivity index (χ4n) is 2.32. The van der Waals surface area contributed by atoms with Gasteiger partial charge in [0.2, 0.25) is 0 Å². The highest BCUT2D eigenvalue weighted by molar-refractivity contribution is 9.09. The molecule has 2 aromatic carbocycles. The molecule has 0 N–H and O–H groups in total. The molecule has 2 rings (SSSR count). The average molecular weight is 451 g/mol. The van der Waals surface area contributed by atoms with Gasteiger partial charge in [-0.2, -0.15) is 0 Å². The Hall–Kier alpha value is -2.54. The topological polar surface area (TPSA) is 69.7 Å². The number of hydrogen-bond donors (Lipinski definition) is 0. The van der Waals surface area contributed by atoms with Crippen LogP contribution < -0.4 is 0 Å². The minimum atomic E-state index is -2.07. The second kappa shape index (κ2) is 10.1. The Balaban J connectivity index is 2.01. The second-order valence-corrected chi connectivity index (χ2v) is 7.47. The third-order valence-corrected chi connectivity index (χ3v) is 4.78. The van der Waals surface area contributed by atoms with Gasteiger partial charge in [0, 0.05) is 0 Å². The van der Waals surface area contributed by atoms with Gasteiger partial charge in [0.1, 0.15) is 6.61 Å². The third-order valence-electron chi connectivity index (χ3n) is 3.99. The molecule has 28 heavy (non-hydrogen) atoms. The summed E-state index contributed by atoms with van der Waals surface area (Å²) in [6.45, 7) is 3.46. The van der Waals surface area contributed by atoms with Crippen LogP contribution in [0.2, 0.25) is 0 Å². The number of rotatable bonds is 8. The number of alkyl halides is 2. The van der Waals surface area contributed by atoms with Gasteiger partial charge in [-0.15, -0.1) is 0 Å². The summed E-state index contributed by atoms with van der Waals surface area (Å²) in [5.41, 5.74) is 2.51. The Morgan fingerprint density at radius 2 is 1.43 bits per heavy atom. The molecule has 0 unspecified atom stereocenters. The van der Waals surface area contributed by atoms with E-state index in [1.165, 1.54) is 0 Å². The van der Waals surface area contributed by atoms with Crippen LogP contribution in [0.3, 0.4) is 0 Å². The van der Waals surface area contributed by atoms with Crippen molar-refractivity contribution in [1.82, 2.24) is 0 Å². The summed E-state index contributed by atoms with van der Waals surface area (Å²) in [5, 5.41) is 0. The van der Waals surface area contributed by atoms with Crippen molar-refractivity contribution >= 4 is 34.2 Å². The number of hydrogen-bond acceptors (Lipinski definition) is 5. The lowest BCUT2D eigenvalue weighted by Crippen LogP contribution is -2.39. The summed E-state index contributed by atoms with van der Waals surface area (Å²) < 4.78 is 24.4. The predicted octanol–water partition coefficient (Wildman–Crippen LogP) is 3.99. The average Bonchev–Trinajstić information content (AvgIpc) is 2.70. The first-order valence-corrected chi connectivity index (χ1v) is 9.48. The molecule has 0 aromatic heterocycles. The van der Waals surface area contributed by atoms with Crippen molar-refractivity contribution in [3.63, 3.8) is 0 Å². The number of esters is 2. The van der Waals surface area contributed by atoms with E-state index in [-0.39, 0.29) is 18.5 Å². The Morgan fingerprint density at radius 3 is 1.89 bits per heavy atom. The molecular formula is C21H20BrFO5. The fraction of sp³-hybridized carbons (Fsp3) is 0.286. The van der Waals surface area contributed by atoms with E-state index in [0.717, 1.165) is 11.1 Å². The first-order valence-electron chi connectivity index (χ1n) is 8.56. The van der Waals surface area contributed by atoms with Gasteiger partial charge in [-0.25, -0.2) is 14.0 Å². The van der Waals surface area contributed by atoms with Crippen molar-refractivity contribution in [3.8, 4) is 0 Å². The van der Waals surface area contributed by atoms with Crippen molar-refractivity contribution in [2.24, 2.45) is 0 Å². The maximum absolute atomic E-state index is 14.1. The number of carbonyl (C=O) groups excluding carboxylic acids is 3. The van der Waals surface area contributed by atoms with Crippen LogP contribution >= 0.6 is 15.9 Å². The Kier molecular flexibility index (Phi) is 7.87. The Labute approximate surface area is 171 Å².